The molecule has 0 heterocycles. The number of hydrogen-bond donors (Lipinski definition) is 1. The van der Waals surface area contributed by atoms with Gasteiger partial charge in [-0.1, -0.05) is 37.6 Å². The lowest BCUT2D eigenvalue weighted by Gasteiger charge is -2.09. The first-order valence-electron chi connectivity index (χ1n) is 5.55. The Labute approximate surface area is 96.9 Å². The maximum Gasteiger partial charge on any atom is 0.411 e. The Morgan fingerprint density at radius 1 is 1.56 bits per heavy atom. The van der Waals surface area contributed by atoms with Crippen molar-refractivity contribution in [3.8, 4) is 0 Å². The van der Waals surface area contributed by atoms with Gasteiger partial charge in [-0.25, -0.2) is 4.79 Å². The summed E-state index contributed by atoms with van der Waals surface area (Å²) in [4.78, 5) is 11.4. The predicted molar refractivity (Wildman–Crippen MR) is 64.9 cm³/mol. The number of amides is 1. The van der Waals surface area contributed by atoms with Crippen molar-refractivity contribution in [3.05, 3.63) is 35.6 Å². The summed E-state index contributed by atoms with van der Waals surface area (Å²) < 4.78 is 5.03. The molecular formula is C13H19NO2. The summed E-state index contributed by atoms with van der Waals surface area (Å²) in [5.74, 6) is 0.355. The van der Waals surface area contributed by atoms with Gasteiger partial charge in [0.15, 0.2) is 0 Å². The largest absolute Gasteiger partial charge is 0.449 e. The van der Waals surface area contributed by atoms with E-state index in [1.54, 1.807) is 0 Å². The number of allylic oxidation sites excluding steroid dienone is 5. The molecule has 0 saturated heterocycles. The van der Waals surface area contributed by atoms with Crippen LogP contribution in [-0.2, 0) is 4.74 Å². The van der Waals surface area contributed by atoms with Gasteiger partial charge in [-0.15, -0.1) is 0 Å². The van der Waals surface area contributed by atoms with E-state index in [2.05, 4.69) is 12.2 Å². The predicted octanol–water partition coefficient (Wildman–Crippen LogP) is 3.16. The average molecular weight is 221 g/mol. The molecule has 0 aromatic heterocycles. The van der Waals surface area contributed by atoms with Gasteiger partial charge in [-0.2, -0.15) is 0 Å². The van der Waals surface area contributed by atoms with E-state index in [1.165, 1.54) is 5.57 Å². The Hall–Kier alpha value is -1.51. The van der Waals surface area contributed by atoms with Gasteiger partial charge in [-0.3, -0.25) is 5.32 Å². The fourth-order valence-corrected chi connectivity index (χ4v) is 1.21. The Kier molecular flexibility index (Phi) is 4.83. The molecule has 0 spiro atoms. The lowest BCUT2D eigenvalue weighted by molar-refractivity contribution is 0.136. The van der Waals surface area contributed by atoms with E-state index in [4.69, 9.17) is 4.74 Å². The van der Waals surface area contributed by atoms with Crippen LogP contribution in [0, 0.1) is 5.92 Å². The van der Waals surface area contributed by atoms with E-state index in [1.807, 2.05) is 38.2 Å². The molecule has 1 aliphatic carbocycles. The van der Waals surface area contributed by atoms with Crippen LogP contribution in [0.2, 0.25) is 0 Å². The molecule has 16 heavy (non-hydrogen) atoms. The molecule has 0 aromatic carbocycles. The number of nitrogens with one attached hydrogen (secondary N) is 1. The molecule has 0 unspecified atom stereocenters. The van der Waals surface area contributed by atoms with Crippen molar-refractivity contribution in [3.63, 3.8) is 0 Å². The lowest BCUT2D eigenvalue weighted by Crippen LogP contribution is -2.24. The first-order chi connectivity index (χ1) is 7.58. The van der Waals surface area contributed by atoms with Crippen LogP contribution < -0.4 is 5.32 Å². The number of ether oxygens (including phenoxy) is 1. The van der Waals surface area contributed by atoms with Crippen LogP contribution in [0.3, 0.4) is 0 Å². The Morgan fingerprint density at radius 3 is 3.00 bits per heavy atom. The van der Waals surface area contributed by atoms with Crippen LogP contribution in [0.25, 0.3) is 0 Å². The van der Waals surface area contributed by atoms with E-state index in [0.717, 1.165) is 12.1 Å². The molecule has 0 fully saturated rings. The summed E-state index contributed by atoms with van der Waals surface area (Å²) in [6.07, 6.45) is 8.28. The van der Waals surface area contributed by atoms with E-state index in [9.17, 15) is 4.79 Å². The molecule has 0 saturated carbocycles. The molecule has 1 N–H and O–H groups in total. The summed E-state index contributed by atoms with van der Waals surface area (Å²) in [7, 11) is 0. The molecule has 3 heteroatoms. The van der Waals surface area contributed by atoms with E-state index >= 15 is 0 Å². The standard InChI is InChI=1S/C13H19NO2/c1-10(2)9-16-13(15)14-12-6-4-5-11(3)7-8-12/h4-6,8,10H,7,9H2,1-3H3,(H,14,15). The second-order valence-electron chi connectivity index (χ2n) is 4.35. The fraction of sp³-hybridized carbons (Fsp3) is 0.462. The average Bonchev–Trinajstić information content (AvgIpc) is 2.41. The molecular weight excluding hydrogens is 202 g/mol. The van der Waals surface area contributed by atoms with Crippen molar-refractivity contribution < 1.29 is 9.53 Å². The highest BCUT2D eigenvalue weighted by molar-refractivity contribution is 5.70. The smallest absolute Gasteiger partial charge is 0.411 e. The van der Waals surface area contributed by atoms with E-state index in [0.29, 0.717) is 12.5 Å². The number of alkyl carbamates (subject to hydrolysis) is 1. The Bertz CT molecular complexity index is 338. The summed E-state index contributed by atoms with van der Waals surface area (Å²) >= 11 is 0. The van der Waals surface area contributed by atoms with Crippen molar-refractivity contribution in [2.75, 3.05) is 6.61 Å². The van der Waals surface area contributed by atoms with Crippen molar-refractivity contribution in [2.45, 2.75) is 27.2 Å². The zero-order valence-electron chi connectivity index (χ0n) is 10.1. The van der Waals surface area contributed by atoms with Crippen molar-refractivity contribution in [1.82, 2.24) is 5.32 Å². The number of carbonyl (C=O) groups excluding carboxylic acids is 1. The third-order valence-electron chi connectivity index (χ3n) is 2.09. The van der Waals surface area contributed by atoms with Crippen molar-refractivity contribution in [2.24, 2.45) is 5.92 Å². The van der Waals surface area contributed by atoms with Gasteiger partial charge < -0.3 is 4.74 Å². The number of rotatable bonds is 3. The lowest BCUT2D eigenvalue weighted by atomic mass is 10.2. The van der Waals surface area contributed by atoms with Crippen molar-refractivity contribution in [1.29, 1.82) is 0 Å². The first-order valence-corrected chi connectivity index (χ1v) is 5.55. The first kappa shape index (κ1) is 12.6. The molecule has 0 aliphatic heterocycles. The van der Waals surface area contributed by atoms with Gasteiger partial charge >= 0.3 is 6.09 Å². The molecule has 88 valence electrons. The van der Waals surface area contributed by atoms with Gasteiger partial charge in [0.2, 0.25) is 0 Å². The van der Waals surface area contributed by atoms with Crippen LogP contribution in [0.5, 0.6) is 0 Å². The van der Waals surface area contributed by atoms with Crippen LogP contribution in [0.4, 0.5) is 4.79 Å². The fourth-order valence-electron chi connectivity index (χ4n) is 1.21. The third-order valence-corrected chi connectivity index (χ3v) is 2.09. The highest BCUT2D eigenvalue weighted by Gasteiger charge is 2.05. The summed E-state index contributed by atoms with van der Waals surface area (Å²) in [6, 6.07) is 0. The second kappa shape index (κ2) is 6.16. The van der Waals surface area contributed by atoms with Crippen LogP contribution >= 0.6 is 0 Å². The normalized spacial score (nSPS) is 15.2. The van der Waals surface area contributed by atoms with Gasteiger partial charge in [0, 0.05) is 5.70 Å². The molecule has 1 aliphatic rings. The maximum atomic E-state index is 11.4. The Morgan fingerprint density at radius 2 is 2.31 bits per heavy atom. The summed E-state index contributed by atoms with van der Waals surface area (Å²) in [5, 5.41) is 2.71. The minimum absolute atomic E-state index is 0.355. The van der Waals surface area contributed by atoms with Crippen molar-refractivity contribution >= 4 is 6.09 Å². The monoisotopic (exact) mass is 221 g/mol. The summed E-state index contributed by atoms with van der Waals surface area (Å²) in [6.45, 7) is 6.51. The SMILES string of the molecule is CC1=CC=CC(NC(=O)OCC(C)C)=CC1. The van der Waals surface area contributed by atoms with E-state index in [-0.39, 0.29) is 6.09 Å². The van der Waals surface area contributed by atoms with Gasteiger partial charge in [0.25, 0.3) is 0 Å². The molecule has 0 aromatic rings. The van der Waals surface area contributed by atoms with Crippen LogP contribution in [0.15, 0.2) is 35.6 Å². The number of carbonyl (C=O) groups is 1. The van der Waals surface area contributed by atoms with Gasteiger partial charge in [0.05, 0.1) is 6.61 Å². The zero-order chi connectivity index (χ0) is 12.0. The van der Waals surface area contributed by atoms with E-state index < -0.39 is 0 Å². The highest BCUT2D eigenvalue weighted by Crippen LogP contribution is 2.09. The molecule has 1 amide bonds. The molecule has 0 bridgehead atoms. The zero-order valence-corrected chi connectivity index (χ0v) is 10.1. The number of hydrogen-bond acceptors (Lipinski definition) is 2. The molecule has 1 rings (SSSR count). The minimum atomic E-state index is -0.385. The maximum absolute atomic E-state index is 11.4. The van der Waals surface area contributed by atoms with Gasteiger partial charge in [0.1, 0.15) is 0 Å². The third kappa shape index (κ3) is 4.82. The second-order valence-corrected chi connectivity index (χ2v) is 4.35. The molecule has 0 radical (unpaired) electrons. The quantitative estimate of drug-likeness (QED) is 0.795. The molecule has 3 nitrogen and oxygen atoms in total. The van der Waals surface area contributed by atoms with Crippen LogP contribution in [-0.4, -0.2) is 12.7 Å². The highest BCUT2D eigenvalue weighted by atomic mass is 16.5. The molecule has 0 atom stereocenters. The minimum Gasteiger partial charge on any atom is -0.449 e. The summed E-state index contributed by atoms with van der Waals surface area (Å²) in [5.41, 5.74) is 2.06. The van der Waals surface area contributed by atoms with Crippen LogP contribution in [0.1, 0.15) is 27.2 Å². The Balaban J connectivity index is 2.40. The topological polar surface area (TPSA) is 38.3 Å². The van der Waals surface area contributed by atoms with Gasteiger partial charge in [-0.05, 0) is 25.3 Å².